The Morgan fingerprint density at radius 2 is 1.58 bits per heavy atom. The molecule has 0 aromatic heterocycles. The standard InChI is InChI=1S/C14H24N2O3/c1-9-6-11(17)15(12(9)18)10-7-13(2,3)16(19)14(4,5)8-10/h9-10,19H,6-8H2,1-5H3. The fourth-order valence-corrected chi connectivity index (χ4v) is 3.59. The third-order valence-electron chi connectivity index (χ3n) is 4.39. The molecule has 5 heteroatoms. The summed E-state index contributed by atoms with van der Waals surface area (Å²) in [5.41, 5.74) is -0.891. The zero-order valence-corrected chi connectivity index (χ0v) is 12.4. The van der Waals surface area contributed by atoms with Gasteiger partial charge >= 0.3 is 0 Å². The predicted octanol–water partition coefficient (Wildman–Crippen LogP) is 1.79. The van der Waals surface area contributed by atoms with Crippen LogP contribution in [0.5, 0.6) is 0 Å². The van der Waals surface area contributed by atoms with Crippen LogP contribution in [0.15, 0.2) is 0 Å². The first-order valence-electron chi connectivity index (χ1n) is 6.91. The van der Waals surface area contributed by atoms with E-state index in [2.05, 4.69) is 0 Å². The number of hydroxylamine groups is 2. The number of carbonyl (C=O) groups is 2. The molecule has 0 aromatic carbocycles. The molecule has 0 aliphatic carbocycles. The summed E-state index contributed by atoms with van der Waals surface area (Å²) >= 11 is 0. The molecule has 1 atom stereocenters. The maximum absolute atomic E-state index is 12.1. The second kappa shape index (κ2) is 4.28. The third kappa shape index (κ3) is 2.30. The van der Waals surface area contributed by atoms with Crippen molar-refractivity contribution in [3.05, 3.63) is 0 Å². The van der Waals surface area contributed by atoms with Crippen molar-refractivity contribution in [1.82, 2.24) is 9.96 Å². The molecule has 2 fully saturated rings. The van der Waals surface area contributed by atoms with Gasteiger partial charge in [0.25, 0.3) is 0 Å². The lowest BCUT2D eigenvalue weighted by Crippen LogP contribution is -2.63. The summed E-state index contributed by atoms with van der Waals surface area (Å²) in [4.78, 5) is 25.6. The zero-order valence-electron chi connectivity index (χ0n) is 12.4. The summed E-state index contributed by atoms with van der Waals surface area (Å²) in [7, 11) is 0. The Morgan fingerprint density at radius 1 is 1.11 bits per heavy atom. The van der Waals surface area contributed by atoms with Crippen LogP contribution in [-0.4, -0.2) is 44.1 Å². The maximum Gasteiger partial charge on any atom is 0.232 e. The Balaban J connectivity index is 2.27. The first-order valence-corrected chi connectivity index (χ1v) is 6.91. The van der Waals surface area contributed by atoms with Gasteiger partial charge in [-0.25, -0.2) is 0 Å². The molecular formula is C14H24N2O3. The van der Waals surface area contributed by atoms with Crippen molar-refractivity contribution in [3.63, 3.8) is 0 Å². The molecule has 2 aliphatic rings. The van der Waals surface area contributed by atoms with Crippen LogP contribution in [0, 0.1) is 5.92 Å². The normalized spacial score (nSPS) is 32.1. The minimum absolute atomic E-state index is 0.0620. The zero-order chi connectivity index (χ0) is 14.6. The smallest absolute Gasteiger partial charge is 0.232 e. The summed E-state index contributed by atoms with van der Waals surface area (Å²) in [6, 6.07) is -0.113. The van der Waals surface area contributed by atoms with Gasteiger partial charge in [0, 0.05) is 29.5 Å². The number of carbonyl (C=O) groups excluding carboxylic acids is 2. The van der Waals surface area contributed by atoms with Gasteiger partial charge in [0.05, 0.1) is 0 Å². The minimum Gasteiger partial charge on any atom is -0.313 e. The van der Waals surface area contributed by atoms with Crippen LogP contribution in [0.1, 0.15) is 53.9 Å². The van der Waals surface area contributed by atoms with Gasteiger partial charge in [-0.05, 0) is 40.5 Å². The molecule has 0 spiro atoms. The van der Waals surface area contributed by atoms with Crippen LogP contribution >= 0.6 is 0 Å². The molecule has 2 rings (SSSR count). The van der Waals surface area contributed by atoms with Crippen molar-refractivity contribution in [1.29, 1.82) is 0 Å². The molecule has 0 aromatic rings. The summed E-state index contributed by atoms with van der Waals surface area (Å²) in [5, 5.41) is 11.6. The van der Waals surface area contributed by atoms with E-state index in [-0.39, 0.29) is 23.8 Å². The highest BCUT2D eigenvalue weighted by atomic mass is 16.5. The highest BCUT2D eigenvalue weighted by Crippen LogP contribution is 2.40. The Kier molecular flexibility index (Phi) is 3.26. The molecule has 2 amide bonds. The summed E-state index contributed by atoms with van der Waals surface area (Å²) < 4.78 is 0. The lowest BCUT2D eigenvalue weighted by Gasteiger charge is -2.52. The Labute approximate surface area is 114 Å². The number of nitrogens with zero attached hydrogens (tertiary/aromatic N) is 2. The summed E-state index contributed by atoms with van der Waals surface area (Å²) in [6.07, 6.45) is 1.54. The monoisotopic (exact) mass is 268 g/mol. The van der Waals surface area contributed by atoms with E-state index in [1.807, 2.05) is 27.7 Å². The largest absolute Gasteiger partial charge is 0.313 e. The number of hydrogen-bond donors (Lipinski definition) is 1. The van der Waals surface area contributed by atoms with E-state index in [1.54, 1.807) is 6.92 Å². The van der Waals surface area contributed by atoms with Crippen LogP contribution in [0.2, 0.25) is 0 Å². The Bertz CT molecular complexity index is 399. The van der Waals surface area contributed by atoms with E-state index >= 15 is 0 Å². The number of amides is 2. The van der Waals surface area contributed by atoms with Gasteiger partial charge in [-0.1, -0.05) is 6.92 Å². The molecule has 19 heavy (non-hydrogen) atoms. The van der Waals surface area contributed by atoms with Crippen LogP contribution < -0.4 is 0 Å². The minimum atomic E-state index is -0.446. The van der Waals surface area contributed by atoms with E-state index in [9.17, 15) is 14.8 Å². The van der Waals surface area contributed by atoms with Crippen LogP contribution in [0.25, 0.3) is 0 Å². The van der Waals surface area contributed by atoms with E-state index in [4.69, 9.17) is 0 Å². The SMILES string of the molecule is CC1CC(=O)N(C2CC(C)(C)N(O)C(C)(C)C2)C1=O. The fraction of sp³-hybridized carbons (Fsp3) is 0.857. The number of piperidine rings is 1. The molecule has 1 N–H and O–H groups in total. The average Bonchev–Trinajstić information content (AvgIpc) is 2.49. The van der Waals surface area contributed by atoms with Crippen molar-refractivity contribution in [2.45, 2.75) is 71.0 Å². The van der Waals surface area contributed by atoms with Crippen molar-refractivity contribution >= 4 is 11.8 Å². The average molecular weight is 268 g/mol. The molecule has 2 aliphatic heterocycles. The van der Waals surface area contributed by atoms with Crippen LogP contribution in [0.3, 0.4) is 0 Å². The Morgan fingerprint density at radius 3 is 1.95 bits per heavy atom. The molecule has 0 radical (unpaired) electrons. The van der Waals surface area contributed by atoms with Crippen LogP contribution in [0.4, 0.5) is 0 Å². The maximum atomic E-state index is 12.1. The fourth-order valence-electron chi connectivity index (χ4n) is 3.59. The highest BCUT2D eigenvalue weighted by Gasteiger charge is 2.50. The predicted molar refractivity (Wildman–Crippen MR) is 70.4 cm³/mol. The van der Waals surface area contributed by atoms with Crippen molar-refractivity contribution in [3.8, 4) is 0 Å². The number of rotatable bonds is 1. The van der Waals surface area contributed by atoms with Gasteiger partial charge in [-0.15, -0.1) is 0 Å². The topological polar surface area (TPSA) is 60.9 Å². The van der Waals surface area contributed by atoms with Gasteiger partial charge in [0.2, 0.25) is 11.8 Å². The van der Waals surface area contributed by atoms with Gasteiger partial charge in [0.1, 0.15) is 0 Å². The van der Waals surface area contributed by atoms with Gasteiger partial charge in [-0.3, -0.25) is 14.5 Å². The molecule has 108 valence electrons. The van der Waals surface area contributed by atoms with E-state index < -0.39 is 11.1 Å². The molecule has 2 saturated heterocycles. The Hall–Kier alpha value is -0.940. The van der Waals surface area contributed by atoms with Crippen molar-refractivity contribution < 1.29 is 14.8 Å². The lowest BCUT2D eigenvalue weighted by atomic mass is 9.78. The van der Waals surface area contributed by atoms with Gasteiger partial charge in [-0.2, -0.15) is 5.06 Å². The van der Waals surface area contributed by atoms with Crippen molar-refractivity contribution in [2.75, 3.05) is 0 Å². The van der Waals surface area contributed by atoms with Gasteiger partial charge < -0.3 is 5.21 Å². The highest BCUT2D eigenvalue weighted by molar-refractivity contribution is 6.03. The first kappa shape index (κ1) is 14.5. The number of hydrogen-bond acceptors (Lipinski definition) is 4. The molecule has 5 nitrogen and oxygen atoms in total. The van der Waals surface area contributed by atoms with Crippen LogP contribution in [-0.2, 0) is 9.59 Å². The summed E-state index contributed by atoms with van der Waals surface area (Å²) in [5.74, 6) is -0.334. The molecule has 0 saturated carbocycles. The van der Waals surface area contributed by atoms with E-state index in [1.165, 1.54) is 9.96 Å². The second-order valence-corrected chi connectivity index (χ2v) is 7.21. The summed E-state index contributed by atoms with van der Waals surface area (Å²) in [6.45, 7) is 9.56. The van der Waals surface area contributed by atoms with E-state index in [0.717, 1.165) is 0 Å². The molecule has 2 heterocycles. The molecular weight excluding hydrogens is 244 g/mol. The lowest BCUT2D eigenvalue weighted by molar-refractivity contribution is -0.250. The second-order valence-electron chi connectivity index (χ2n) is 7.21. The third-order valence-corrected chi connectivity index (χ3v) is 4.39. The quantitative estimate of drug-likeness (QED) is 0.737. The van der Waals surface area contributed by atoms with Crippen molar-refractivity contribution in [2.24, 2.45) is 5.92 Å². The number of imide groups is 1. The first-order chi connectivity index (χ1) is 8.56. The molecule has 0 bridgehead atoms. The van der Waals surface area contributed by atoms with Gasteiger partial charge in [0.15, 0.2) is 0 Å². The number of likely N-dealkylation sites (tertiary alicyclic amines) is 1. The van der Waals surface area contributed by atoms with E-state index in [0.29, 0.717) is 19.3 Å². The molecule has 1 unspecified atom stereocenters.